The summed E-state index contributed by atoms with van der Waals surface area (Å²) in [7, 11) is 0. The normalized spacial score (nSPS) is 19.2. The lowest BCUT2D eigenvalue weighted by Gasteiger charge is -2.20. The van der Waals surface area contributed by atoms with Gasteiger partial charge in [-0.05, 0) is 0 Å². The summed E-state index contributed by atoms with van der Waals surface area (Å²) >= 11 is 1.03. The molecule has 140 valence electrons. The molecule has 2 N–H and O–H groups in total. The number of esters is 3. The minimum Gasteiger partial charge on any atom is -0.465 e. The topological polar surface area (TPSA) is 145 Å². The molecular formula is C15H16N2O8S. The number of hydrogen-bond donors (Lipinski definition) is 2. The number of carbonyl (C=O) groups is 3. The molecule has 0 saturated heterocycles. The molecule has 2 atom stereocenters. The predicted octanol–water partition coefficient (Wildman–Crippen LogP) is -0.0949. The number of ether oxygens (including phenoxy) is 3. The van der Waals surface area contributed by atoms with Crippen LogP contribution < -0.4 is 11.2 Å². The van der Waals surface area contributed by atoms with Crippen LogP contribution in [0.4, 0.5) is 0 Å². The van der Waals surface area contributed by atoms with E-state index in [1.54, 1.807) is 0 Å². The highest BCUT2D eigenvalue weighted by Crippen LogP contribution is 2.45. The monoisotopic (exact) mass is 384 g/mol. The zero-order chi connectivity index (χ0) is 19.4. The van der Waals surface area contributed by atoms with Gasteiger partial charge in [0.2, 0.25) is 0 Å². The van der Waals surface area contributed by atoms with Gasteiger partial charge in [0, 0.05) is 27.0 Å². The van der Waals surface area contributed by atoms with Crippen molar-refractivity contribution in [3.63, 3.8) is 0 Å². The van der Waals surface area contributed by atoms with E-state index in [0.717, 1.165) is 24.9 Å². The van der Waals surface area contributed by atoms with Gasteiger partial charge in [0.1, 0.15) is 6.61 Å². The van der Waals surface area contributed by atoms with Crippen LogP contribution in [0.1, 0.15) is 26.3 Å². The Balaban J connectivity index is 2.52. The van der Waals surface area contributed by atoms with Crippen LogP contribution >= 0.6 is 11.8 Å². The smallest absolute Gasteiger partial charge is 0.325 e. The number of hydrogen-bond acceptors (Lipinski definition) is 9. The van der Waals surface area contributed by atoms with Gasteiger partial charge in [-0.2, -0.15) is 0 Å². The molecular weight excluding hydrogens is 368 g/mol. The standard InChI is InChI=1S/C15H16N2O8S/c1-6(18)23-5-10-11(24-7(2)19)12(25-8(3)20)13(26-10)9-4-16-15(22)17-14(9)21/h4,10-11H,5H2,1-3H3,(H2,16,17,21,22)/t10-,11-/m1/s1. The van der Waals surface area contributed by atoms with Gasteiger partial charge in [-0.25, -0.2) is 4.79 Å². The summed E-state index contributed by atoms with van der Waals surface area (Å²) in [6.45, 7) is 3.39. The van der Waals surface area contributed by atoms with Crippen molar-refractivity contribution in [2.24, 2.45) is 0 Å². The first-order valence-corrected chi connectivity index (χ1v) is 8.29. The fourth-order valence-electron chi connectivity index (χ4n) is 2.23. The quantitative estimate of drug-likeness (QED) is 0.525. The van der Waals surface area contributed by atoms with E-state index in [-0.39, 0.29) is 22.8 Å². The largest absolute Gasteiger partial charge is 0.465 e. The molecule has 0 aliphatic carbocycles. The van der Waals surface area contributed by atoms with Crippen LogP contribution in [-0.4, -0.2) is 45.8 Å². The lowest BCUT2D eigenvalue weighted by molar-refractivity contribution is -0.151. The zero-order valence-corrected chi connectivity index (χ0v) is 14.9. The van der Waals surface area contributed by atoms with Crippen molar-refractivity contribution in [2.75, 3.05) is 6.61 Å². The number of aromatic nitrogens is 2. The second-order valence-corrected chi connectivity index (χ2v) is 6.51. The van der Waals surface area contributed by atoms with Gasteiger partial charge in [0.15, 0.2) is 11.9 Å². The molecule has 0 unspecified atom stereocenters. The van der Waals surface area contributed by atoms with Crippen molar-refractivity contribution < 1.29 is 28.6 Å². The van der Waals surface area contributed by atoms with Gasteiger partial charge >= 0.3 is 23.6 Å². The average molecular weight is 384 g/mol. The first-order valence-electron chi connectivity index (χ1n) is 7.41. The zero-order valence-electron chi connectivity index (χ0n) is 14.1. The molecule has 0 amide bonds. The third-order valence-electron chi connectivity index (χ3n) is 3.15. The number of H-pyrrole nitrogens is 2. The minimum absolute atomic E-state index is 0.0216. The van der Waals surface area contributed by atoms with E-state index >= 15 is 0 Å². The number of nitrogens with one attached hydrogen (secondary N) is 2. The Hall–Kier alpha value is -2.82. The molecule has 1 aliphatic rings. The number of thioether (sulfide) groups is 1. The summed E-state index contributed by atoms with van der Waals surface area (Å²) in [5.41, 5.74) is -1.40. The van der Waals surface area contributed by atoms with Crippen LogP contribution in [0.25, 0.3) is 4.91 Å². The van der Waals surface area contributed by atoms with E-state index < -0.39 is 40.5 Å². The lowest BCUT2D eigenvalue weighted by atomic mass is 10.1. The van der Waals surface area contributed by atoms with E-state index in [9.17, 15) is 24.0 Å². The Bertz CT molecular complexity index is 884. The summed E-state index contributed by atoms with van der Waals surface area (Å²) in [4.78, 5) is 61.9. The number of aromatic amines is 2. The first-order chi connectivity index (χ1) is 12.2. The molecule has 1 aromatic rings. The number of rotatable bonds is 5. The predicted molar refractivity (Wildman–Crippen MR) is 89.9 cm³/mol. The van der Waals surface area contributed by atoms with Crippen LogP contribution in [0.3, 0.4) is 0 Å². The van der Waals surface area contributed by atoms with Crippen LogP contribution in [0.5, 0.6) is 0 Å². The Kier molecular flexibility index (Phi) is 6.03. The van der Waals surface area contributed by atoms with Gasteiger partial charge in [-0.15, -0.1) is 11.8 Å². The van der Waals surface area contributed by atoms with E-state index in [4.69, 9.17) is 14.2 Å². The Morgan fingerprint density at radius 2 is 1.81 bits per heavy atom. The highest BCUT2D eigenvalue weighted by atomic mass is 32.2. The molecule has 2 heterocycles. The molecule has 1 aromatic heterocycles. The van der Waals surface area contributed by atoms with Crippen molar-refractivity contribution in [1.29, 1.82) is 0 Å². The molecule has 10 nitrogen and oxygen atoms in total. The minimum atomic E-state index is -1.05. The van der Waals surface area contributed by atoms with Crippen molar-refractivity contribution >= 4 is 34.6 Å². The summed E-state index contributed by atoms with van der Waals surface area (Å²) in [6, 6.07) is 0. The molecule has 0 saturated carbocycles. The second-order valence-electron chi connectivity index (χ2n) is 5.26. The Morgan fingerprint density at radius 1 is 1.12 bits per heavy atom. The Labute approximate surface area is 150 Å². The lowest BCUT2D eigenvalue weighted by Crippen LogP contribution is -2.32. The summed E-state index contributed by atoms with van der Waals surface area (Å²) in [6.07, 6.45) is 0.105. The fourth-order valence-corrected chi connectivity index (χ4v) is 3.53. The third kappa shape index (κ3) is 4.63. The van der Waals surface area contributed by atoms with Gasteiger partial charge in [0.05, 0.1) is 15.7 Å². The van der Waals surface area contributed by atoms with E-state index in [2.05, 4.69) is 9.97 Å². The van der Waals surface area contributed by atoms with Crippen molar-refractivity contribution in [3.05, 3.63) is 38.4 Å². The molecule has 0 radical (unpaired) electrons. The van der Waals surface area contributed by atoms with Crippen LogP contribution in [0, 0.1) is 0 Å². The van der Waals surface area contributed by atoms with Crippen molar-refractivity contribution in [3.8, 4) is 0 Å². The maximum absolute atomic E-state index is 12.1. The van der Waals surface area contributed by atoms with E-state index in [1.807, 2.05) is 0 Å². The van der Waals surface area contributed by atoms with Crippen molar-refractivity contribution in [1.82, 2.24) is 9.97 Å². The van der Waals surface area contributed by atoms with Crippen LogP contribution in [0.2, 0.25) is 0 Å². The third-order valence-corrected chi connectivity index (χ3v) is 4.49. The van der Waals surface area contributed by atoms with Crippen LogP contribution in [0.15, 0.2) is 21.5 Å². The first kappa shape index (κ1) is 19.5. The average Bonchev–Trinajstić information content (AvgIpc) is 2.82. The molecule has 26 heavy (non-hydrogen) atoms. The molecule has 1 aliphatic heterocycles. The van der Waals surface area contributed by atoms with E-state index in [0.29, 0.717) is 0 Å². The molecule has 11 heteroatoms. The SMILES string of the molecule is CC(=O)OC[C@H]1SC(c2c[nH]c(=O)[nH]c2=O)=C(OC(C)=O)[C@@H]1OC(C)=O. The van der Waals surface area contributed by atoms with Gasteiger partial charge in [-0.3, -0.25) is 24.2 Å². The summed E-state index contributed by atoms with van der Waals surface area (Å²) < 4.78 is 15.3. The van der Waals surface area contributed by atoms with Gasteiger partial charge < -0.3 is 19.2 Å². The van der Waals surface area contributed by atoms with Gasteiger partial charge in [-0.1, -0.05) is 0 Å². The van der Waals surface area contributed by atoms with Crippen LogP contribution in [-0.2, 0) is 28.6 Å². The maximum Gasteiger partial charge on any atom is 0.325 e. The highest BCUT2D eigenvalue weighted by molar-refractivity contribution is 8.09. The maximum atomic E-state index is 12.1. The molecule has 0 bridgehead atoms. The summed E-state index contributed by atoms with van der Waals surface area (Å²) in [5, 5.41) is -0.640. The Morgan fingerprint density at radius 3 is 2.35 bits per heavy atom. The second kappa shape index (κ2) is 8.04. The molecule has 0 aromatic carbocycles. The number of carbonyl (C=O) groups excluding carboxylic acids is 3. The molecule has 2 rings (SSSR count). The van der Waals surface area contributed by atoms with E-state index in [1.165, 1.54) is 13.8 Å². The fraction of sp³-hybridized carbons (Fsp3) is 0.400. The molecule has 0 spiro atoms. The summed E-state index contributed by atoms with van der Waals surface area (Å²) in [5.74, 6) is -1.95. The van der Waals surface area contributed by atoms with Crippen molar-refractivity contribution in [2.45, 2.75) is 32.1 Å². The van der Waals surface area contributed by atoms with Gasteiger partial charge in [0.25, 0.3) is 5.56 Å². The molecule has 0 fully saturated rings. The highest BCUT2D eigenvalue weighted by Gasteiger charge is 2.42.